The minimum atomic E-state index is -0.225. The lowest BCUT2D eigenvalue weighted by Gasteiger charge is -2.19. The Morgan fingerprint density at radius 3 is 2.74 bits per heavy atom. The van der Waals surface area contributed by atoms with Crippen molar-refractivity contribution in [2.45, 2.75) is 37.2 Å². The van der Waals surface area contributed by atoms with Crippen LogP contribution in [-0.4, -0.2) is 20.2 Å². The van der Waals surface area contributed by atoms with Crippen molar-refractivity contribution in [3.8, 4) is 0 Å². The summed E-state index contributed by atoms with van der Waals surface area (Å²) in [4.78, 5) is 0. The number of thioether (sulfide) groups is 1. The minimum Gasteiger partial charge on any atom is -0.215 e. The third-order valence-corrected chi connectivity index (χ3v) is 3.91. The van der Waals surface area contributed by atoms with Gasteiger partial charge >= 0.3 is 0 Å². The highest BCUT2D eigenvalue weighted by molar-refractivity contribution is 9.10. The SMILES string of the molecule is CC(C)(C)n1nnnc1SCc1ccc(Br)cc1F. The van der Waals surface area contributed by atoms with Gasteiger partial charge in [-0.3, -0.25) is 0 Å². The fourth-order valence-electron chi connectivity index (χ4n) is 1.47. The van der Waals surface area contributed by atoms with Crippen LogP contribution in [0.25, 0.3) is 0 Å². The van der Waals surface area contributed by atoms with E-state index in [-0.39, 0.29) is 11.4 Å². The van der Waals surface area contributed by atoms with Crippen LogP contribution in [0.3, 0.4) is 0 Å². The zero-order valence-electron chi connectivity index (χ0n) is 10.9. The second kappa shape index (κ2) is 5.58. The van der Waals surface area contributed by atoms with E-state index in [1.54, 1.807) is 10.7 Å². The Kier molecular flexibility index (Phi) is 4.25. The predicted octanol–water partition coefficient (Wildman–Crippen LogP) is 3.62. The van der Waals surface area contributed by atoms with Gasteiger partial charge in [-0.05, 0) is 48.9 Å². The second-order valence-electron chi connectivity index (χ2n) is 5.07. The van der Waals surface area contributed by atoms with E-state index >= 15 is 0 Å². The van der Waals surface area contributed by atoms with Gasteiger partial charge in [0, 0.05) is 10.2 Å². The maximum atomic E-state index is 13.7. The van der Waals surface area contributed by atoms with Gasteiger partial charge in [-0.1, -0.05) is 33.8 Å². The van der Waals surface area contributed by atoms with E-state index in [9.17, 15) is 4.39 Å². The van der Waals surface area contributed by atoms with Crippen molar-refractivity contribution in [3.63, 3.8) is 0 Å². The Hall–Kier alpha value is -0.950. The van der Waals surface area contributed by atoms with E-state index in [0.29, 0.717) is 16.5 Å². The molecule has 2 rings (SSSR count). The zero-order chi connectivity index (χ0) is 14.0. The molecule has 2 aromatic rings. The number of tetrazole rings is 1. The molecule has 19 heavy (non-hydrogen) atoms. The summed E-state index contributed by atoms with van der Waals surface area (Å²) < 4.78 is 16.2. The van der Waals surface area contributed by atoms with Crippen LogP contribution >= 0.6 is 27.7 Å². The summed E-state index contributed by atoms with van der Waals surface area (Å²) in [6, 6.07) is 5.05. The number of aromatic nitrogens is 4. The molecular formula is C12H14BrFN4S. The van der Waals surface area contributed by atoms with Gasteiger partial charge in [-0.25, -0.2) is 9.07 Å². The Morgan fingerprint density at radius 2 is 2.11 bits per heavy atom. The summed E-state index contributed by atoms with van der Waals surface area (Å²) in [6.07, 6.45) is 0. The molecule has 102 valence electrons. The fraction of sp³-hybridized carbons (Fsp3) is 0.417. The van der Waals surface area contributed by atoms with E-state index in [1.165, 1.54) is 17.8 Å². The molecule has 0 aliphatic carbocycles. The Bertz CT molecular complexity index is 579. The van der Waals surface area contributed by atoms with E-state index < -0.39 is 0 Å². The van der Waals surface area contributed by atoms with Crippen LogP contribution in [-0.2, 0) is 11.3 Å². The maximum absolute atomic E-state index is 13.7. The second-order valence-corrected chi connectivity index (χ2v) is 6.93. The van der Waals surface area contributed by atoms with Crippen molar-refractivity contribution < 1.29 is 4.39 Å². The van der Waals surface area contributed by atoms with Crippen molar-refractivity contribution in [1.29, 1.82) is 0 Å². The zero-order valence-corrected chi connectivity index (χ0v) is 13.3. The molecule has 0 bridgehead atoms. The van der Waals surface area contributed by atoms with Gasteiger partial charge in [-0.15, -0.1) is 5.10 Å². The summed E-state index contributed by atoms with van der Waals surface area (Å²) in [5.41, 5.74) is 0.445. The van der Waals surface area contributed by atoms with Crippen molar-refractivity contribution in [2.75, 3.05) is 0 Å². The topological polar surface area (TPSA) is 43.6 Å². The fourth-order valence-corrected chi connectivity index (χ4v) is 2.85. The van der Waals surface area contributed by atoms with Crippen LogP contribution in [0.5, 0.6) is 0 Å². The molecule has 0 aliphatic heterocycles. The normalized spacial score (nSPS) is 11.8. The van der Waals surface area contributed by atoms with E-state index in [1.807, 2.05) is 26.8 Å². The maximum Gasteiger partial charge on any atom is 0.210 e. The number of hydrogen-bond acceptors (Lipinski definition) is 4. The van der Waals surface area contributed by atoms with Crippen molar-refractivity contribution in [3.05, 3.63) is 34.1 Å². The van der Waals surface area contributed by atoms with Crippen molar-refractivity contribution in [2.24, 2.45) is 0 Å². The quantitative estimate of drug-likeness (QED) is 0.797. The summed E-state index contributed by atoms with van der Waals surface area (Å²) in [7, 11) is 0. The molecule has 0 unspecified atom stereocenters. The summed E-state index contributed by atoms with van der Waals surface area (Å²) in [5.74, 6) is 0.270. The number of benzene rings is 1. The first-order valence-electron chi connectivity index (χ1n) is 5.73. The Balaban J connectivity index is 2.13. The van der Waals surface area contributed by atoms with Crippen molar-refractivity contribution >= 4 is 27.7 Å². The molecule has 0 fully saturated rings. The van der Waals surface area contributed by atoms with Gasteiger partial charge in [0.25, 0.3) is 0 Å². The molecule has 7 heteroatoms. The van der Waals surface area contributed by atoms with E-state index in [0.717, 1.165) is 4.47 Å². The lowest BCUT2D eigenvalue weighted by atomic mass is 10.1. The largest absolute Gasteiger partial charge is 0.215 e. The van der Waals surface area contributed by atoms with Gasteiger partial charge in [0.2, 0.25) is 5.16 Å². The molecule has 4 nitrogen and oxygen atoms in total. The first kappa shape index (κ1) is 14.5. The number of halogens is 2. The van der Waals surface area contributed by atoms with Crippen molar-refractivity contribution in [1.82, 2.24) is 20.2 Å². The molecule has 0 N–H and O–H groups in total. The number of hydrogen-bond donors (Lipinski definition) is 0. The van der Waals surface area contributed by atoms with Crippen LogP contribution in [0.2, 0.25) is 0 Å². The third kappa shape index (κ3) is 3.54. The molecule has 0 amide bonds. The monoisotopic (exact) mass is 344 g/mol. The molecular weight excluding hydrogens is 331 g/mol. The first-order valence-corrected chi connectivity index (χ1v) is 7.51. The third-order valence-electron chi connectivity index (χ3n) is 2.45. The van der Waals surface area contributed by atoms with Gasteiger partial charge in [0.1, 0.15) is 5.82 Å². The highest BCUT2D eigenvalue weighted by Crippen LogP contribution is 2.26. The summed E-state index contributed by atoms with van der Waals surface area (Å²) >= 11 is 4.67. The highest BCUT2D eigenvalue weighted by Gasteiger charge is 2.20. The Labute approximate surface area is 123 Å². The average molecular weight is 345 g/mol. The van der Waals surface area contributed by atoms with Crippen LogP contribution in [0.15, 0.2) is 27.8 Å². The van der Waals surface area contributed by atoms with E-state index in [4.69, 9.17) is 0 Å². The van der Waals surface area contributed by atoms with Gasteiger partial charge < -0.3 is 0 Å². The Morgan fingerprint density at radius 1 is 1.37 bits per heavy atom. The van der Waals surface area contributed by atoms with Crippen LogP contribution in [0, 0.1) is 5.82 Å². The molecule has 0 saturated carbocycles. The van der Waals surface area contributed by atoms with Crippen LogP contribution < -0.4 is 0 Å². The van der Waals surface area contributed by atoms with Gasteiger partial charge in [-0.2, -0.15) is 0 Å². The van der Waals surface area contributed by atoms with Gasteiger partial charge in [0.15, 0.2) is 0 Å². The minimum absolute atomic E-state index is 0.190. The van der Waals surface area contributed by atoms with Crippen LogP contribution in [0.1, 0.15) is 26.3 Å². The molecule has 0 radical (unpaired) electrons. The van der Waals surface area contributed by atoms with Crippen LogP contribution in [0.4, 0.5) is 4.39 Å². The molecule has 0 aliphatic rings. The number of rotatable bonds is 3. The number of nitrogens with zero attached hydrogens (tertiary/aromatic N) is 4. The predicted molar refractivity (Wildman–Crippen MR) is 76.5 cm³/mol. The summed E-state index contributed by atoms with van der Waals surface area (Å²) in [5, 5.41) is 12.3. The molecule has 0 spiro atoms. The average Bonchev–Trinajstić information content (AvgIpc) is 2.75. The lowest BCUT2D eigenvalue weighted by Crippen LogP contribution is -2.24. The van der Waals surface area contributed by atoms with E-state index in [2.05, 4.69) is 31.5 Å². The molecule has 0 saturated heterocycles. The highest BCUT2D eigenvalue weighted by atomic mass is 79.9. The molecule has 0 atom stereocenters. The smallest absolute Gasteiger partial charge is 0.210 e. The summed E-state index contributed by atoms with van der Waals surface area (Å²) in [6.45, 7) is 6.06. The standard InChI is InChI=1S/C12H14BrFN4S/c1-12(2,3)18-11(15-16-17-18)19-7-8-4-5-9(13)6-10(8)14/h4-6H,7H2,1-3H3. The molecule has 1 aromatic carbocycles. The van der Waals surface area contributed by atoms with Gasteiger partial charge in [0.05, 0.1) is 5.54 Å². The first-order chi connectivity index (χ1) is 8.88. The molecule has 1 aromatic heterocycles. The molecule has 1 heterocycles. The lowest BCUT2D eigenvalue weighted by molar-refractivity contribution is 0.321.